The lowest BCUT2D eigenvalue weighted by atomic mass is 10.0. The lowest BCUT2D eigenvalue weighted by Gasteiger charge is -2.39. The Kier molecular flexibility index (Phi) is 4.67. The lowest BCUT2D eigenvalue weighted by molar-refractivity contribution is -0.144. The molecule has 0 bridgehead atoms. The Labute approximate surface area is 148 Å². The summed E-state index contributed by atoms with van der Waals surface area (Å²) < 4.78 is 49.9. The van der Waals surface area contributed by atoms with Crippen molar-refractivity contribution in [2.45, 2.75) is 12.3 Å². The number of halogens is 3. The Bertz CT molecular complexity index is 824. The molecule has 0 saturated carbocycles. The zero-order chi connectivity index (χ0) is 18.9. The number of nitrogens with one attached hydrogen (secondary N) is 1. The number of carbonyl (C=O) groups is 1. The quantitative estimate of drug-likeness (QED) is 0.894. The highest BCUT2D eigenvalue weighted by molar-refractivity contribution is 6.01. The van der Waals surface area contributed by atoms with Gasteiger partial charge in [-0.1, -0.05) is 24.3 Å². The van der Waals surface area contributed by atoms with E-state index in [2.05, 4.69) is 5.32 Å². The van der Waals surface area contributed by atoms with Crippen molar-refractivity contribution in [1.29, 1.82) is 0 Å². The molecule has 0 saturated heterocycles. The number of nitrogens with zero attached hydrogens (tertiary/aromatic N) is 1. The number of alkyl halides is 3. The first-order valence-corrected chi connectivity index (χ1v) is 7.80. The smallest absolute Gasteiger partial charge is 0.406 e. The van der Waals surface area contributed by atoms with Gasteiger partial charge in [0.25, 0.3) is 5.91 Å². The maximum Gasteiger partial charge on any atom is 0.406 e. The maximum absolute atomic E-state index is 13.1. The third-order valence-corrected chi connectivity index (χ3v) is 4.10. The lowest BCUT2D eigenvalue weighted by Crippen LogP contribution is -2.47. The van der Waals surface area contributed by atoms with Crippen LogP contribution in [-0.2, 0) is 0 Å². The zero-order valence-electron chi connectivity index (χ0n) is 14.1. The summed E-state index contributed by atoms with van der Waals surface area (Å²) in [5.74, 6) is -0.0662. The molecule has 26 heavy (non-hydrogen) atoms. The second kappa shape index (κ2) is 6.78. The average molecular weight is 366 g/mol. The summed E-state index contributed by atoms with van der Waals surface area (Å²) in [6.45, 7) is -1.39. The number of rotatable bonds is 4. The van der Waals surface area contributed by atoms with Crippen LogP contribution in [-0.4, -0.2) is 37.7 Å². The van der Waals surface area contributed by atoms with Crippen molar-refractivity contribution in [2.75, 3.05) is 26.1 Å². The van der Waals surface area contributed by atoms with Gasteiger partial charge in [-0.15, -0.1) is 0 Å². The van der Waals surface area contributed by atoms with E-state index >= 15 is 0 Å². The van der Waals surface area contributed by atoms with Crippen LogP contribution in [0, 0.1) is 0 Å². The Morgan fingerprint density at radius 1 is 1.08 bits per heavy atom. The maximum atomic E-state index is 13.1. The summed E-state index contributed by atoms with van der Waals surface area (Å²) >= 11 is 0. The predicted molar refractivity (Wildman–Crippen MR) is 89.4 cm³/mol. The Balaban J connectivity index is 2.13. The van der Waals surface area contributed by atoms with Crippen molar-refractivity contribution in [3.8, 4) is 11.5 Å². The van der Waals surface area contributed by atoms with Crippen molar-refractivity contribution in [3.05, 3.63) is 53.6 Å². The molecule has 1 atom stereocenters. The van der Waals surface area contributed by atoms with Crippen LogP contribution in [0.3, 0.4) is 0 Å². The summed E-state index contributed by atoms with van der Waals surface area (Å²) in [6.07, 6.45) is -5.60. The molecular weight excluding hydrogens is 349 g/mol. The molecule has 8 heteroatoms. The van der Waals surface area contributed by atoms with Gasteiger partial charge in [0, 0.05) is 11.3 Å². The van der Waals surface area contributed by atoms with E-state index in [0.29, 0.717) is 17.0 Å². The summed E-state index contributed by atoms with van der Waals surface area (Å²) in [6, 6.07) is 11.3. The SMILES string of the molecule is COc1cccc(C2Nc3ccccc3C(=O)N2CC(F)(F)F)c1OC. The largest absolute Gasteiger partial charge is 0.493 e. The highest BCUT2D eigenvalue weighted by Crippen LogP contribution is 2.41. The molecule has 1 unspecified atom stereocenters. The Hall–Kier alpha value is -2.90. The fourth-order valence-corrected chi connectivity index (χ4v) is 3.02. The molecule has 3 rings (SSSR count). The number of anilines is 1. The molecule has 1 aliphatic rings. The Morgan fingerprint density at radius 2 is 1.81 bits per heavy atom. The van der Waals surface area contributed by atoms with E-state index in [-0.39, 0.29) is 11.3 Å². The van der Waals surface area contributed by atoms with Crippen LogP contribution in [0.15, 0.2) is 42.5 Å². The zero-order valence-corrected chi connectivity index (χ0v) is 14.1. The van der Waals surface area contributed by atoms with Gasteiger partial charge >= 0.3 is 6.18 Å². The van der Waals surface area contributed by atoms with Gasteiger partial charge in [0.2, 0.25) is 0 Å². The Morgan fingerprint density at radius 3 is 2.46 bits per heavy atom. The van der Waals surface area contributed by atoms with Gasteiger partial charge < -0.3 is 19.7 Å². The topological polar surface area (TPSA) is 50.8 Å². The van der Waals surface area contributed by atoms with Gasteiger partial charge in [-0.05, 0) is 18.2 Å². The van der Waals surface area contributed by atoms with E-state index in [9.17, 15) is 18.0 Å². The van der Waals surface area contributed by atoms with E-state index in [1.807, 2.05) is 0 Å². The molecule has 0 aromatic heterocycles. The number of fused-ring (bicyclic) bond motifs is 1. The molecule has 5 nitrogen and oxygen atoms in total. The van der Waals surface area contributed by atoms with Gasteiger partial charge in [0.15, 0.2) is 11.5 Å². The molecule has 0 fully saturated rings. The number of benzene rings is 2. The minimum atomic E-state index is -4.55. The minimum Gasteiger partial charge on any atom is -0.493 e. The highest BCUT2D eigenvalue weighted by atomic mass is 19.4. The third-order valence-electron chi connectivity index (χ3n) is 4.10. The molecule has 2 aromatic rings. The van der Waals surface area contributed by atoms with Gasteiger partial charge in [-0.2, -0.15) is 13.2 Å². The minimum absolute atomic E-state index is 0.190. The number of carbonyl (C=O) groups excluding carboxylic acids is 1. The van der Waals surface area contributed by atoms with Gasteiger partial charge in [0.05, 0.1) is 19.8 Å². The number of para-hydroxylation sites is 2. The van der Waals surface area contributed by atoms with E-state index in [1.54, 1.807) is 36.4 Å². The molecule has 138 valence electrons. The molecule has 1 N–H and O–H groups in total. The van der Waals surface area contributed by atoms with Crippen molar-refractivity contribution >= 4 is 11.6 Å². The average Bonchev–Trinajstić information content (AvgIpc) is 2.62. The summed E-state index contributed by atoms with van der Waals surface area (Å²) in [5.41, 5.74) is 1.03. The number of amides is 1. The van der Waals surface area contributed by atoms with Gasteiger partial charge in [0.1, 0.15) is 12.7 Å². The third kappa shape index (κ3) is 3.26. The predicted octanol–water partition coefficient (Wildman–Crippen LogP) is 3.83. The number of methoxy groups -OCH3 is 2. The molecule has 0 aliphatic carbocycles. The number of hydrogen-bond donors (Lipinski definition) is 1. The highest BCUT2D eigenvalue weighted by Gasteiger charge is 2.41. The summed E-state index contributed by atoms with van der Waals surface area (Å²) in [7, 11) is 2.83. The first kappa shape index (κ1) is 17.9. The molecule has 1 heterocycles. The van der Waals surface area contributed by atoms with Crippen LogP contribution in [0.2, 0.25) is 0 Å². The van der Waals surface area contributed by atoms with Crippen LogP contribution in [0.4, 0.5) is 18.9 Å². The van der Waals surface area contributed by atoms with E-state index in [0.717, 1.165) is 4.90 Å². The first-order valence-electron chi connectivity index (χ1n) is 7.80. The number of ether oxygens (including phenoxy) is 2. The van der Waals surface area contributed by atoms with Crippen molar-refractivity contribution in [1.82, 2.24) is 4.90 Å². The molecular formula is C18H17F3N2O3. The van der Waals surface area contributed by atoms with Crippen LogP contribution in [0.25, 0.3) is 0 Å². The van der Waals surface area contributed by atoms with Gasteiger partial charge in [-0.3, -0.25) is 4.79 Å². The monoisotopic (exact) mass is 366 g/mol. The van der Waals surface area contributed by atoms with Crippen molar-refractivity contribution in [2.24, 2.45) is 0 Å². The fraction of sp³-hybridized carbons (Fsp3) is 0.278. The van der Waals surface area contributed by atoms with Crippen molar-refractivity contribution < 1.29 is 27.4 Å². The standard InChI is InChI=1S/C18H17F3N2O3/c1-25-14-9-5-7-12(15(14)26-2)16-22-13-8-4-3-6-11(13)17(24)23(16)10-18(19,20)21/h3-9,16,22H,10H2,1-2H3. The van der Waals surface area contributed by atoms with Crippen LogP contribution >= 0.6 is 0 Å². The van der Waals surface area contributed by atoms with Crippen LogP contribution in [0.1, 0.15) is 22.1 Å². The summed E-state index contributed by atoms with van der Waals surface area (Å²) in [5, 5.41) is 3.01. The molecule has 0 spiro atoms. The van der Waals surface area contributed by atoms with Crippen LogP contribution < -0.4 is 14.8 Å². The fourth-order valence-electron chi connectivity index (χ4n) is 3.02. The molecule has 0 radical (unpaired) electrons. The summed E-state index contributed by atoms with van der Waals surface area (Å²) in [4.78, 5) is 13.5. The molecule has 2 aromatic carbocycles. The second-order valence-electron chi connectivity index (χ2n) is 5.72. The van der Waals surface area contributed by atoms with E-state index < -0.39 is 24.8 Å². The molecule has 1 aliphatic heterocycles. The second-order valence-corrected chi connectivity index (χ2v) is 5.72. The first-order chi connectivity index (χ1) is 12.4. The van der Waals surface area contributed by atoms with Crippen molar-refractivity contribution in [3.63, 3.8) is 0 Å². The van der Waals surface area contributed by atoms with Gasteiger partial charge in [-0.25, -0.2) is 0 Å². The van der Waals surface area contributed by atoms with E-state index in [1.165, 1.54) is 20.3 Å². The molecule has 1 amide bonds. The van der Waals surface area contributed by atoms with Crippen LogP contribution in [0.5, 0.6) is 11.5 Å². The van der Waals surface area contributed by atoms with E-state index in [4.69, 9.17) is 9.47 Å². The normalized spacial score (nSPS) is 16.7. The number of hydrogen-bond acceptors (Lipinski definition) is 4.